The molecule has 23 heavy (non-hydrogen) atoms. The van der Waals surface area contributed by atoms with Crippen LogP contribution in [0.25, 0.3) is 6.08 Å². The van der Waals surface area contributed by atoms with E-state index in [9.17, 15) is 20.0 Å². The second-order valence-electron chi connectivity index (χ2n) is 4.91. The lowest BCUT2D eigenvalue weighted by atomic mass is 9.96. The Kier molecular flexibility index (Phi) is 3.75. The Balaban J connectivity index is 2.11. The molecule has 0 aliphatic carbocycles. The average molecular weight is 332 g/mol. The number of aliphatic carboxylic acids is 1. The Bertz CT molecular complexity index is 846. The lowest BCUT2D eigenvalue weighted by molar-refractivity contribution is -0.384. The molecule has 0 radical (unpaired) electrons. The molecule has 3 rings (SSSR count). The highest BCUT2D eigenvalue weighted by atomic mass is 35.5. The minimum absolute atomic E-state index is 0.000297. The Hall–Kier alpha value is -2.86. The van der Waals surface area contributed by atoms with E-state index >= 15 is 0 Å². The molecular weight excluding hydrogens is 322 g/mol. The summed E-state index contributed by atoms with van der Waals surface area (Å²) in [6.45, 7) is 0. The van der Waals surface area contributed by atoms with Gasteiger partial charge in [-0.2, -0.15) is 0 Å². The highest BCUT2D eigenvalue weighted by molar-refractivity contribution is 6.32. The maximum absolute atomic E-state index is 11.5. The molecule has 6 nitrogen and oxygen atoms in total. The van der Waals surface area contributed by atoms with E-state index in [2.05, 4.69) is 0 Å². The second kappa shape index (κ2) is 5.73. The third-order valence-electron chi connectivity index (χ3n) is 3.47. The Morgan fingerprint density at radius 2 is 2.00 bits per heavy atom. The van der Waals surface area contributed by atoms with Gasteiger partial charge in [0.15, 0.2) is 6.10 Å². The lowest BCUT2D eigenvalue weighted by Gasteiger charge is -2.25. The van der Waals surface area contributed by atoms with Crippen LogP contribution in [-0.4, -0.2) is 16.0 Å². The predicted molar refractivity (Wildman–Crippen MR) is 83.5 cm³/mol. The summed E-state index contributed by atoms with van der Waals surface area (Å²) in [5, 5.41) is 20.4. The van der Waals surface area contributed by atoms with Crippen molar-refractivity contribution in [2.75, 3.05) is 0 Å². The van der Waals surface area contributed by atoms with Crippen molar-refractivity contribution in [2.45, 2.75) is 6.10 Å². The monoisotopic (exact) mass is 331 g/mol. The zero-order valence-corrected chi connectivity index (χ0v) is 12.4. The molecule has 1 unspecified atom stereocenters. The van der Waals surface area contributed by atoms with Crippen LogP contribution in [0.1, 0.15) is 17.2 Å². The number of carbonyl (C=O) groups is 1. The number of nitrogens with zero attached hydrogens (tertiary/aromatic N) is 1. The van der Waals surface area contributed by atoms with Crippen LogP contribution >= 0.6 is 11.6 Å². The Labute approximate surface area is 135 Å². The quantitative estimate of drug-likeness (QED) is 0.681. The van der Waals surface area contributed by atoms with Crippen LogP contribution in [0.4, 0.5) is 5.69 Å². The van der Waals surface area contributed by atoms with E-state index in [4.69, 9.17) is 16.3 Å². The van der Waals surface area contributed by atoms with Gasteiger partial charge in [-0.15, -0.1) is 0 Å². The van der Waals surface area contributed by atoms with Crippen LogP contribution < -0.4 is 4.74 Å². The topological polar surface area (TPSA) is 89.7 Å². The summed E-state index contributed by atoms with van der Waals surface area (Å²) in [6.07, 6.45) is 0.560. The van der Waals surface area contributed by atoms with Gasteiger partial charge in [-0.05, 0) is 18.2 Å². The molecule has 1 atom stereocenters. The van der Waals surface area contributed by atoms with Crippen LogP contribution in [0.15, 0.2) is 48.0 Å². The van der Waals surface area contributed by atoms with Crippen LogP contribution in [0.3, 0.4) is 0 Å². The molecule has 1 aliphatic rings. The summed E-state index contributed by atoms with van der Waals surface area (Å²) >= 11 is 5.80. The summed E-state index contributed by atoms with van der Waals surface area (Å²) in [7, 11) is 0. The molecule has 1 aliphatic heterocycles. The molecule has 0 saturated carbocycles. The van der Waals surface area contributed by atoms with Crippen LogP contribution in [0, 0.1) is 10.1 Å². The number of rotatable bonds is 3. The third kappa shape index (κ3) is 2.76. The third-order valence-corrected chi connectivity index (χ3v) is 3.79. The fourth-order valence-corrected chi connectivity index (χ4v) is 2.58. The van der Waals surface area contributed by atoms with Crippen molar-refractivity contribution in [2.24, 2.45) is 0 Å². The summed E-state index contributed by atoms with van der Waals surface area (Å²) < 4.78 is 5.75. The van der Waals surface area contributed by atoms with Crippen LogP contribution in [0.2, 0.25) is 5.02 Å². The zero-order chi connectivity index (χ0) is 16.6. The molecule has 2 aromatic rings. The molecule has 0 spiro atoms. The van der Waals surface area contributed by atoms with Crippen molar-refractivity contribution < 1.29 is 19.6 Å². The van der Waals surface area contributed by atoms with Gasteiger partial charge < -0.3 is 9.84 Å². The number of carboxylic acid groups (broad SMARTS) is 1. The fourth-order valence-electron chi connectivity index (χ4n) is 2.39. The van der Waals surface area contributed by atoms with Crippen molar-refractivity contribution >= 4 is 29.3 Å². The maximum Gasteiger partial charge on any atom is 0.335 e. The standard InChI is InChI=1S/C16H10ClNO5/c17-12-6-5-10(8-13(12)18(21)22)15-11(16(19)20)7-9-3-1-2-4-14(9)23-15/h1-8,15H,(H,19,20). The number of nitro groups is 1. The molecular formula is C16H10ClNO5. The van der Waals surface area contributed by atoms with Crippen molar-refractivity contribution in [1.82, 2.24) is 0 Å². The number of ether oxygens (including phenoxy) is 1. The number of carboxylic acids is 1. The molecule has 0 fully saturated rings. The average Bonchev–Trinajstić information content (AvgIpc) is 2.53. The minimum atomic E-state index is -1.15. The molecule has 1 N–H and O–H groups in total. The highest BCUT2D eigenvalue weighted by Gasteiger charge is 2.30. The first kappa shape index (κ1) is 15.1. The number of nitro benzene ring substituents is 1. The predicted octanol–water partition coefficient (Wildman–Crippen LogP) is 3.85. The number of benzene rings is 2. The number of hydrogen-bond donors (Lipinski definition) is 1. The molecule has 0 bridgehead atoms. The van der Waals surface area contributed by atoms with Gasteiger partial charge in [-0.25, -0.2) is 4.79 Å². The smallest absolute Gasteiger partial charge is 0.335 e. The van der Waals surface area contributed by atoms with E-state index in [0.717, 1.165) is 0 Å². The van der Waals surface area contributed by atoms with Crippen molar-refractivity contribution in [3.8, 4) is 5.75 Å². The van der Waals surface area contributed by atoms with E-state index in [1.54, 1.807) is 24.3 Å². The van der Waals surface area contributed by atoms with E-state index in [1.807, 2.05) is 0 Å². The summed E-state index contributed by atoms with van der Waals surface area (Å²) in [6, 6.07) is 11.1. The van der Waals surface area contributed by atoms with Gasteiger partial charge in [0, 0.05) is 17.2 Å². The number of fused-ring (bicyclic) bond motifs is 1. The van der Waals surface area contributed by atoms with Gasteiger partial charge in [0.1, 0.15) is 10.8 Å². The van der Waals surface area contributed by atoms with E-state index in [1.165, 1.54) is 24.3 Å². The minimum Gasteiger partial charge on any atom is -0.480 e. The molecule has 1 heterocycles. The first-order chi connectivity index (χ1) is 11.0. The largest absolute Gasteiger partial charge is 0.480 e. The molecule has 2 aromatic carbocycles. The summed E-state index contributed by atoms with van der Waals surface area (Å²) in [4.78, 5) is 21.9. The Morgan fingerprint density at radius 1 is 1.26 bits per heavy atom. The Morgan fingerprint density at radius 3 is 2.70 bits per heavy atom. The van der Waals surface area contributed by atoms with Crippen LogP contribution in [0.5, 0.6) is 5.75 Å². The van der Waals surface area contributed by atoms with Gasteiger partial charge in [0.2, 0.25) is 0 Å². The number of halogens is 1. The first-order valence-electron chi connectivity index (χ1n) is 6.62. The van der Waals surface area contributed by atoms with Gasteiger partial charge >= 0.3 is 5.97 Å². The van der Waals surface area contributed by atoms with Gasteiger partial charge in [0.05, 0.1) is 10.5 Å². The van der Waals surface area contributed by atoms with Gasteiger partial charge in [-0.1, -0.05) is 35.9 Å². The zero-order valence-electron chi connectivity index (χ0n) is 11.6. The van der Waals surface area contributed by atoms with E-state index in [-0.39, 0.29) is 16.3 Å². The van der Waals surface area contributed by atoms with E-state index in [0.29, 0.717) is 16.9 Å². The lowest BCUT2D eigenvalue weighted by Crippen LogP contribution is -2.20. The molecule has 0 aromatic heterocycles. The molecule has 7 heteroatoms. The number of para-hydroxylation sites is 1. The summed E-state index contributed by atoms with van der Waals surface area (Å²) in [5.74, 6) is -0.637. The molecule has 0 saturated heterocycles. The second-order valence-corrected chi connectivity index (χ2v) is 5.32. The molecule has 116 valence electrons. The van der Waals surface area contributed by atoms with Crippen LogP contribution in [-0.2, 0) is 4.79 Å². The maximum atomic E-state index is 11.5. The number of hydrogen-bond acceptors (Lipinski definition) is 4. The van der Waals surface area contributed by atoms with Crippen molar-refractivity contribution in [3.63, 3.8) is 0 Å². The van der Waals surface area contributed by atoms with Crippen molar-refractivity contribution in [1.29, 1.82) is 0 Å². The van der Waals surface area contributed by atoms with Gasteiger partial charge in [-0.3, -0.25) is 10.1 Å². The van der Waals surface area contributed by atoms with Gasteiger partial charge in [0.25, 0.3) is 5.69 Å². The highest BCUT2D eigenvalue weighted by Crippen LogP contribution is 2.39. The normalized spacial score (nSPS) is 16.0. The fraction of sp³-hybridized carbons (Fsp3) is 0.0625. The molecule has 0 amide bonds. The first-order valence-corrected chi connectivity index (χ1v) is 6.99. The SMILES string of the molecule is O=C(O)C1=Cc2ccccc2OC1c1ccc(Cl)c([N+](=O)[O-])c1. The summed E-state index contributed by atoms with van der Waals surface area (Å²) in [5.41, 5.74) is 0.700. The van der Waals surface area contributed by atoms with Crippen molar-refractivity contribution in [3.05, 3.63) is 74.3 Å². The van der Waals surface area contributed by atoms with E-state index < -0.39 is 17.0 Å².